The van der Waals surface area contributed by atoms with Gasteiger partial charge in [0.25, 0.3) is 5.91 Å². The zero-order valence-electron chi connectivity index (χ0n) is 22.4. The number of methoxy groups -OCH3 is 1. The van der Waals surface area contributed by atoms with E-state index in [-0.39, 0.29) is 35.6 Å². The zero-order valence-corrected chi connectivity index (χ0v) is 22.4. The van der Waals surface area contributed by atoms with Crippen molar-refractivity contribution >= 4 is 23.7 Å². The summed E-state index contributed by atoms with van der Waals surface area (Å²) in [6, 6.07) is 1.64. The molecule has 0 spiro atoms. The molecule has 38 heavy (non-hydrogen) atoms. The second-order valence-electron chi connectivity index (χ2n) is 11.1. The summed E-state index contributed by atoms with van der Waals surface area (Å²) in [5.41, 5.74) is -0.979. The molecule has 3 amide bonds. The highest BCUT2D eigenvalue weighted by Gasteiger charge is 2.54. The molecule has 2 heterocycles. The third kappa shape index (κ3) is 5.34. The summed E-state index contributed by atoms with van der Waals surface area (Å²) in [6.45, 7) is 7.48. The highest BCUT2D eigenvalue weighted by Crippen LogP contribution is 2.44. The van der Waals surface area contributed by atoms with Crippen molar-refractivity contribution in [3.63, 3.8) is 0 Å². The largest absolute Gasteiger partial charge is 0.494 e. The summed E-state index contributed by atoms with van der Waals surface area (Å²) in [5, 5.41) is 5.59. The molecule has 10 nitrogen and oxygen atoms in total. The molecule has 6 atom stereocenters. The minimum absolute atomic E-state index is 0.0159. The quantitative estimate of drug-likeness (QED) is 0.491. The Morgan fingerprint density at radius 3 is 2.63 bits per heavy atom. The highest BCUT2D eigenvalue weighted by molar-refractivity contribution is 5.99. The van der Waals surface area contributed by atoms with E-state index in [9.17, 15) is 23.6 Å². The van der Waals surface area contributed by atoms with Crippen molar-refractivity contribution in [2.24, 2.45) is 11.3 Å². The summed E-state index contributed by atoms with van der Waals surface area (Å²) in [4.78, 5) is 54.1. The first-order valence-corrected chi connectivity index (χ1v) is 13.0. The van der Waals surface area contributed by atoms with E-state index in [1.54, 1.807) is 32.6 Å². The molecule has 11 heteroatoms. The molecular weight excluding hydrogens is 497 g/mol. The number of carbonyl (C=O) groups is 4. The van der Waals surface area contributed by atoms with Crippen molar-refractivity contribution in [1.82, 2.24) is 15.5 Å². The number of piperidine rings is 1. The maximum Gasteiger partial charge on any atom is 0.310 e. The van der Waals surface area contributed by atoms with E-state index in [1.807, 2.05) is 0 Å². The average Bonchev–Trinajstić information content (AvgIpc) is 3.56. The molecule has 4 rings (SSSR count). The number of esters is 1. The predicted octanol–water partition coefficient (Wildman–Crippen LogP) is 2.15. The molecule has 6 unspecified atom stereocenters. The van der Waals surface area contributed by atoms with Gasteiger partial charge in [-0.15, -0.1) is 0 Å². The fourth-order valence-electron chi connectivity index (χ4n) is 5.73. The fraction of sp³-hybridized carbons (Fsp3) is 0.630. The third-order valence-electron chi connectivity index (χ3n) is 7.55. The number of cyclic esters (lactones) is 1. The monoisotopic (exact) mass is 533 g/mol. The molecule has 208 valence electrons. The number of ether oxygens (including phenoxy) is 3. The summed E-state index contributed by atoms with van der Waals surface area (Å²) < 4.78 is 30.4. The summed E-state index contributed by atoms with van der Waals surface area (Å²) in [6.07, 6.45) is 1.33. The van der Waals surface area contributed by atoms with Crippen LogP contribution in [0, 0.1) is 17.2 Å². The van der Waals surface area contributed by atoms with Gasteiger partial charge in [0.2, 0.25) is 18.1 Å². The third-order valence-corrected chi connectivity index (χ3v) is 7.55. The second-order valence-corrected chi connectivity index (χ2v) is 11.1. The topological polar surface area (TPSA) is 123 Å². The van der Waals surface area contributed by atoms with Crippen LogP contribution in [0.25, 0.3) is 0 Å². The molecule has 0 radical (unpaired) electrons. The van der Waals surface area contributed by atoms with Gasteiger partial charge in [0.05, 0.1) is 19.1 Å². The van der Waals surface area contributed by atoms with Crippen LogP contribution in [0.2, 0.25) is 0 Å². The molecule has 0 aromatic heterocycles. The van der Waals surface area contributed by atoms with E-state index in [2.05, 4.69) is 10.6 Å². The molecule has 3 fully saturated rings. The lowest BCUT2D eigenvalue weighted by Gasteiger charge is -2.40. The first kappa shape index (κ1) is 27.8. The normalized spacial score (nSPS) is 27.2. The number of fused-ring (bicyclic) bond motifs is 2. The Balaban J connectivity index is 1.56. The summed E-state index contributed by atoms with van der Waals surface area (Å²) >= 11 is 0. The van der Waals surface area contributed by atoms with Crippen LogP contribution < -0.4 is 15.4 Å². The maximum absolute atomic E-state index is 14.8. The molecule has 2 bridgehead atoms. The number of nitrogens with zero attached hydrogens (tertiary/aromatic N) is 1. The van der Waals surface area contributed by atoms with Crippen LogP contribution in [0.4, 0.5) is 4.39 Å². The molecule has 2 N–H and O–H groups in total. The molecule has 1 aromatic carbocycles. The van der Waals surface area contributed by atoms with E-state index in [4.69, 9.17) is 14.2 Å². The Bertz CT molecular complexity index is 1100. The average molecular weight is 534 g/mol. The fourth-order valence-corrected chi connectivity index (χ4v) is 5.73. The number of hydrogen-bond acceptors (Lipinski definition) is 7. The number of carbonyl (C=O) groups excluding carboxylic acids is 4. The Hall–Kier alpha value is -3.21. The van der Waals surface area contributed by atoms with Crippen molar-refractivity contribution in [1.29, 1.82) is 0 Å². The van der Waals surface area contributed by atoms with Gasteiger partial charge >= 0.3 is 5.97 Å². The number of halogens is 1. The Kier molecular flexibility index (Phi) is 7.96. The van der Waals surface area contributed by atoms with Gasteiger partial charge in [-0.25, -0.2) is 4.39 Å². The predicted molar refractivity (Wildman–Crippen MR) is 133 cm³/mol. The first-order chi connectivity index (χ1) is 18.0. The van der Waals surface area contributed by atoms with Gasteiger partial charge < -0.3 is 29.7 Å². The van der Waals surface area contributed by atoms with Crippen LogP contribution in [0.1, 0.15) is 63.7 Å². The number of benzene rings is 1. The molecule has 1 aromatic rings. The zero-order chi connectivity index (χ0) is 27.8. The van der Waals surface area contributed by atoms with Crippen LogP contribution in [-0.2, 0) is 23.9 Å². The van der Waals surface area contributed by atoms with Crippen molar-refractivity contribution in [3.05, 3.63) is 29.6 Å². The minimum atomic E-state index is -1.03. The van der Waals surface area contributed by atoms with Crippen molar-refractivity contribution < 1.29 is 37.8 Å². The first-order valence-electron chi connectivity index (χ1n) is 13.0. The van der Waals surface area contributed by atoms with Gasteiger partial charge in [-0.3, -0.25) is 19.2 Å². The van der Waals surface area contributed by atoms with E-state index >= 15 is 0 Å². The number of likely N-dealkylation sites (tertiary alicyclic amines) is 1. The van der Waals surface area contributed by atoms with Gasteiger partial charge in [-0.2, -0.15) is 0 Å². The molecular formula is C27H36FN3O7. The van der Waals surface area contributed by atoms with Gasteiger partial charge in [0.1, 0.15) is 18.1 Å². The molecule has 2 aliphatic heterocycles. The number of hydrogen-bond donors (Lipinski definition) is 2. The molecule has 1 aliphatic carbocycles. The second kappa shape index (κ2) is 10.9. The summed E-state index contributed by atoms with van der Waals surface area (Å²) in [5.74, 6) is -2.93. The van der Waals surface area contributed by atoms with Crippen LogP contribution in [0.3, 0.4) is 0 Å². The number of nitrogens with one attached hydrogen (secondary N) is 2. The minimum Gasteiger partial charge on any atom is -0.494 e. The van der Waals surface area contributed by atoms with Gasteiger partial charge in [-0.1, -0.05) is 26.8 Å². The van der Waals surface area contributed by atoms with Crippen molar-refractivity contribution in [3.8, 4) is 5.75 Å². The van der Waals surface area contributed by atoms with Crippen LogP contribution >= 0.6 is 0 Å². The van der Waals surface area contributed by atoms with E-state index in [1.165, 1.54) is 25.3 Å². The molecule has 1 saturated carbocycles. The van der Waals surface area contributed by atoms with E-state index in [0.29, 0.717) is 13.0 Å². The van der Waals surface area contributed by atoms with Crippen molar-refractivity contribution in [2.45, 2.75) is 83.8 Å². The lowest BCUT2D eigenvalue weighted by Crippen LogP contribution is -2.62. The Labute approximate surface area is 221 Å². The SMILES string of the molecule is CCOC1OC(=O)CC1NC(=O)C1C2CCC(C2)N1C(=O)C(NC(=O)c1cccc(OC)c1F)C(C)(C)C. The standard InChI is InChI=1S/C27H36FN3O7/c1-6-37-26-17(13-19(32)38-26)29-24(34)21-14-10-11-15(12-14)31(21)25(35)22(27(2,3)4)30-23(33)16-8-7-9-18(36-5)20(16)28/h7-9,14-15,17,21-22,26H,6,10-13H2,1-5H3,(H,29,34)(H,30,33). The lowest BCUT2D eigenvalue weighted by molar-refractivity contribution is -0.165. The lowest BCUT2D eigenvalue weighted by atomic mass is 9.84. The van der Waals surface area contributed by atoms with Gasteiger partial charge in [0.15, 0.2) is 11.6 Å². The smallest absolute Gasteiger partial charge is 0.310 e. The number of rotatable bonds is 8. The van der Waals surface area contributed by atoms with Crippen molar-refractivity contribution in [2.75, 3.05) is 13.7 Å². The van der Waals surface area contributed by atoms with Gasteiger partial charge in [0, 0.05) is 12.6 Å². The van der Waals surface area contributed by atoms with E-state index < -0.39 is 53.4 Å². The van der Waals surface area contributed by atoms with Crippen LogP contribution in [0.5, 0.6) is 5.75 Å². The van der Waals surface area contributed by atoms with Crippen LogP contribution in [-0.4, -0.2) is 72.8 Å². The molecule has 2 saturated heterocycles. The maximum atomic E-state index is 14.8. The van der Waals surface area contributed by atoms with Gasteiger partial charge in [-0.05, 0) is 49.7 Å². The van der Waals surface area contributed by atoms with Crippen LogP contribution in [0.15, 0.2) is 18.2 Å². The Morgan fingerprint density at radius 1 is 1.24 bits per heavy atom. The summed E-state index contributed by atoms with van der Waals surface area (Å²) in [7, 11) is 1.30. The highest BCUT2D eigenvalue weighted by atomic mass is 19.1. The Morgan fingerprint density at radius 2 is 1.97 bits per heavy atom. The molecule has 3 aliphatic rings. The number of amides is 3. The van der Waals surface area contributed by atoms with E-state index in [0.717, 1.165) is 12.8 Å².